The zero-order chi connectivity index (χ0) is 19.2. The molecule has 2 heterocycles. The van der Waals surface area contributed by atoms with Crippen LogP contribution >= 0.6 is 0 Å². The van der Waals surface area contributed by atoms with Crippen molar-refractivity contribution in [2.24, 2.45) is 11.8 Å². The molecule has 0 spiro atoms. The van der Waals surface area contributed by atoms with E-state index in [-0.39, 0.29) is 17.6 Å². The second kappa shape index (κ2) is 8.93. The van der Waals surface area contributed by atoms with Crippen LogP contribution in [0.2, 0.25) is 0 Å². The highest BCUT2D eigenvalue weighted by molar-refractivity contribution is 5.79. The van der Waals surface area contributed by atoms with E-state index in [2.05, 4.69) is 34.0 Å². The van der Waals surface area contributed by atoms with E-state index >= 15 is 0 Å². The number of nitrogens with one attached hydrogen (secondary N) is 1. The zero-order valence-electron chi connectivity index (χ0n) is 16.0. The quantitative estimate of drug-likeness (QED) is 0.843. The van der Waals surface area contributed by atoms with E-state index in [9.17, 15) is 9.18 Å². The van der Waals surface area contributed by atoms with Crippen LogP contribution in [0, 0.1) is 17.7 Å². The Hall–Kier alpha value is -2.50. The van der Waals surface area contributed by atoms with Crippen molar-refractivity contribution >= 4 is 11.9 Å². The summed E-state index contributed by atoms with van der Waals surface area (Å²) in [5.41, 5.74) is 1.53. The topological polar surface area (TPSA) is 58.1 Å². The summed E-state index contributed by atoms with van der Waals surface area (Å²) < 4.78 is 13.4. The Kier molecular flexibility index (Phi) is 6.37. The van der Waals surface area contributed by atoms with Crippen LogP contribution in [-0.2, 0) is 4.79 Å². The fourth-order valence-corrected chi connectivity index (χ4v) is 3.30. The molecule has 0 bridgehead atoms. The molecule has 1 saturated heterocycles. The van der Waals surface area contributed by atoms with Crippen LogP contribution in [0.1, 0.15) is 33.1 Å². The maximum absolute atomic E-state index is 13.4. The molecule has 1 aromatic carbocycles. The number of hydrogen-bond donors (Lipinski definition) is 1. The molecule has 2 aromatic rings. The summed E-state index contributed by atoms with van der Waals surface area (Å²) in [6, 6.07) is 6.39. The first kappa shape index (κ1) is 19.3. The molecule has 144 valence electrons. The molecule has 1 amide bonds. The first-order valence-electron chi connectivity index (χ1n) is 9.63. The third kappa shape index (κ3) is 5.25. The first-order chi connectivity index (χ1) is 13.0. The van der Waals surface area contributed by atoms with Gasteiger partial charge < -0.3 is 10.2 Å². The predicted molar refractivity (Wildman–Crippen MR) is 105 cm³/mol. The van der Waals surface area contributed by atoms with Crippen LogP contribution in [-0.4, -0.2) is 35.5 Å². The van der Waals surface area contributed by atoms with Gasteiger partial charge in [-0.25, -0.2) is 14.4 Å². The van der Waals surface area contributed by atoms with E-state index in [0.29, 0.717) is 18.4 Å². The van der Waals surface area contributed by atoms with Crippen LogP contribution in [0.4, 0.5) is 10.3 Å². The molecule has 0 unspecified atom stereocenters. The van der Waals surface area contributed by atoms with Crippen molar-refractivity contribution in [1.82, 2.24) is 15.3 Å². The maximum Gasteiger partial charge on any atom is 0.225 e. The number of benzene rings is 1. The van der Waals surface area contributed by atoms with Gasteiger partial charge in [0.1, 0.15) is 5.82 Å². The lowest BCUT2D eigenvalue weighted by Gasteiger charge is -2.32. The molecule has 1 aliphatic rings. The maximum atomic E-state index is 13.4. The Morgan fingerprint density at radius 3 is 2.78 bits per heavy atom. The molecular formula is C21H27FN4O. The van der Waals surface area contributed by atoms with Crippen LogP contribution in [0.5, 0.6) is 0 Å². The summed E-state index contributed by atoms with van der Waals surface area (Å²) in [6.07, 6.45) is 6.25. The van der Waals surface area contributed by atoms with Crippen LogP contribution in [0.3, 0.4) is 0 Å². The summed E-state index contributed by atoms with van der Waals surface area (Å²) >= 11 is 0. The van der Waals surface area contributed by atoms with Gasteiger partial charge in [-0.05, 0) is 42.9 Å². The van der Waals surface area contributed by atoms with Gasteiger partial charge in [-0.1, -0.05) is 26.0 Å². The van der Waals surface area contributed by atoms with Crippen molar-refractivity contribution < 1.29 is 9.18 Å². The Labute approximate surface area is 160 Å². The molecule has 0 aliphatic carbocycles. The molecule has 1 fully saturated rings. The lowest BCUT2D eigenvalue weighted by Crippen LogP contribution is -2.44. The minimum Gasteiger partial charge on any atom is -0.356 e. The lowest BCUT2D eigenvalue weighted by atomic mass is 9.97. The Balaban J connectivity index is 1.61. The molecule has 0 saturated carbocycles. The summed E-state index contributed by atoms with van der Waals surface area (Å²) in [5.74, 6) is 1.01. The summed E-state index contributed by atoms with van der Waals surface area (Å²) in [6.45, 7) is 6.51. The largest absolute Gasteiger partial charge is 0.356 e. The highest BCUT2D eigenvalue weighted by atomic mass is 19.1. The molecule has 0 radical (unpaired) electrons. The number of hydrogen-bond acceptors (Lipinski definition) is 4. The van der Waals surface area contributed by atoms with E-state index in [1.54, 1.807) is 18.5 Å². The number of nitrogens with zero attached hydrogens (tertiary/aromatic N) is 3. The van der Waals surface area contributed by atoms with Crippen molar-refractivity contribution in [3.63, 3.8) is 0 Å². The molecule has 1 aromatic heterocycles. The predicted octanol–water partition coefficient (Wildman–Crippen LogP) is 3.66. The molecular weight excluding hydrogens is 343 g/mol. The Morgan fingerprint density at radius 2 is 2.07 bits per heavy atom. The summed E-state index contributed by atoms with van der Waals surface area (Å²) in [7, 11) is 0. The van der Waals surface area contributed by atoms with Crippen LogP contribution in [0.25, 0.3) is 11.1 Å². The molecule has 6 heteroatoms. The van der Waals surface area contributed by atoms with Crippen molar-refractivity contribution in [1.29, 1.82) is 0 Å². The number of carbonyl (C=O) groups excluding carboxylic acids is 1. The summed E-state index contributed by atoms with van der Waals surface area (Å²) in [5, 5.41) is 3.05. The minimum absolute atomic E-state index is 0.0302. The normalized spacial score (nSPS) is 17.2. The van der Waals surface area contributed by atoms with Crippen LogP contribution in [0.15, 0.2) is 36.7 Å². The monoisotopic (exact) mass is 370 g/mol. The fraction of sp³-hybridized carbons (Fsp3) is 0.476. The first-order valence-corrected chi connectivity index (χ1v) is 9.63. The van der Waals surface area contributed by atoms with Gasteiger partial charge in [-0.2, -0.15) is 0 Å². The molecule has 3 rings (SSSR count). The highest BCUT2D eigenvalue weighted by Crippen LogP contribution is 2.23. The zero-order valence-corrected chi connectivity index (χ0v) is 16.0. The number of aromatic nitrogens is 2. The number of anilines is 1. The second-order valence-electron chi connectivity index (χ2n) is 7.54. The number of rotatable bonds is 6. The van der Waals surface area contributed by atoms with Crippen molar-refractivity contribution in [2.75, 3.05) is 24.5 Å². The standard InChI is InChI=1S/C21H27FN4O/c1-15(2)8-9-23-20(27)17-6-4-10-26(14-17)21-24-12-18(13-25-21)16-5-3-7-19(22)11-16/h3,5,7,11-13,15,17H,4,6,8-10,14H2,1-2H3,(H,23,27)/t17-/m0/s1. The van der Waals surface area contributed by atoms with Gasteiger partial charge in [0.05, 0.1) is 5.92 Å². The molecule has 1 N–H and O–H groups in total. The molecule has 1 aliphatic heterocycles. The van der Waals surface area contributed by atoms with Gasteiger partial charge in [0.2, 0.25) is 11.9 Å². The highest BCUT2D eigenvalue weighted by Gasteiger charge is 2.26. The van der Waals surface area contributed by atoms with Gasteiger partial charge in [0.15, 0.2) is 0 Å². The van der Waals surface area contributed by atoms with Crippen molar-refractivity contribution in [2.45, 2.75) is 33.1 Å². The van der Waals surface area contributed by atoms with E-state index < -0.39 is 0 Å². The summed E-state index contributed by atoms with van der Waals surface area (Å²) in [4.78, 5) is 23.4. The third-order valence-electron chi connectivity index (χ3n) is 4.89. The van der Waals surface area contributed by atoms with Gasteiger partial charge in [0, 0.05) is 37.6 Å². The number of amides is 1. The van der Waals surface area contributed by atoms with Gasteiger partial charge in [-0.15, -0.1) is 0 Å². The van der Waals surface area contributed by atoms with E-state index in [1.807, 2.05) is 6.07 Å². The van der Waals surface area contributed by atoms with Gasteiger partial charge in [0.25, 0.3) is 0 Å². The van der Waals surface area contributed by atoms with E-state index in [4.69, 9.17) is 0 Å². The Morgan fingerprint density at radius 1 is 1.30 bits per heavy atom. The van der Waals surface area contributed by atoms with Gasteiger partial charge in [-0.3, -0.25) is 4.79 Å². The van der Waals surface area contributed by atoms with E-state index in [1.165, 1.54) is 12.1 Å². The van der Waals surface area contributed by atoms with E-state index in [0.717, 1.165) is 43.5 Å². The average Bonchev–Trinajstić information content (AvgIpc) is 2.68. The third-order valence-corrected chi connectivity index (χ3v) is 4.89. The Bertz CT molecular complexity index is 763. The average molecular weight is 370 g/mol. The SMILES string of the molecule is CC(C)CCNC(=O)[C@H]1CCCN(c2ncc(-c3cccc(F)c3)cn2)C1. The number of piperidine rings is 1. The smallest absolute Gasteiger partial charge is 0.225 e. The molecule has 5 nitrogen and oxygen atoms in total. The minimum atomic E-state index is -0.279. The molecule has 1 atom stereocenters. The fourth-order valence-electron chi connectivity index (χ4n) is 3.30. The van der Waals surface area contributed by atoms with Gasteiger partial charge >= 0.3 is 0 Å². The second-order valence-corrected chi connectivity index (χ2v) is 7.54. The van der Waals surface area contributed by atoms with Crippen LogP contribution < -0.4 is 10.2 Å². The number of halogens is 1. The number of carbonyl (C=O) groups is 1. The lowest BCUT2D eigenvalue weighted by molar-refractivity contribution is -0.125. The molecule has 27 heavy (non-hydrogen) atoms. The van der Waals surface area contributed by atoms with Crippen molar-refractivity contribution in [3.05, 3.63) is 42.5 Å². The van der Waals surface area contributed by atoms with Crippen molar-refractivity contribution in [3.8, 4) is 11.1 Å².